The summed E-state index contributed by atoms with van der Waals surface area (Å²) in [4.78, 5) is 9.43. The Morgan fingerprint density at radius 2 is 1.93 bits per heavy atom. The largest absolute Gasteiger partial charge is 0.375 e. The first kappa shape index (κ1) is 20.0. The highest BCUT2D eigenvalue weighted by molar-refractivity contribution is 5.80. The smallest absolute Gasteiger partial charge is 0.191 e. The first-order chi connectivity index (χ1) is 13.3. The number of aliphatic imine (C=N–C) groups is 1. The van der Waals surface area contributed by atoms with E-state index in [4.69, 9.17) is 0 Å². The number of nitrogens with one attached hydrogen (secondary N) is 2. The fraction of sp³-hybridized carbons (Fsp3) is 0.682. The molecule has 2 aliphatic rings. The van der Waals surface area contributed by atoms with Gasteiger partial charge in [0, 0.05) is 58.0 Å². The minimum atomic E-state index is 0.543. The highest BCUT2D eigenvalue weighted by atomic mass is 15.3. The van der Waals surface area contributed by atoms with Crippen LogP contribution in [0, 0.1) is 0 Å². The van der Waals surface area contributed by atoms with E-state index in [-0.39, 0.29) is 0 Å². The molecule has 150 valence electrons. The average Bonchev–Trinajstić information content (AvgIpc) is 3.39. The summed E-state index contributed by atoms with van der Waals surface area (Å²) in [7, 11) is 4.04. The lowest BCUT2D eigenvalue weighted by atomic mass is 10.2. The Morgan fingerprint density at radius 3 is 2.67 bits per heavy atom. The molecule has 2 fully saturated rings. The number of likely N-dealkylation sites (tertiary alicyclic amines) is 1. The molecular weight excluding hydrogens is 334 g/mol. The number of guanidine groups is 1. The number of unbranched alkanes of at least 4 members (excludes halogenated alkanes) is 1. The molecule has 1 atom stereocenters. The first-order valence-corrected chi connectivity index (χ1v) is 10.7. The van der Waals surface area contributed by atoms with Gasteiger partial charge in [0.2, 0.25) is 0 Å². The Labute approximate surface area is 165 Å². The van der Waals surface area contributed by atoms with Crippen LogP contribution in [-0.4, -0.2) is 63.2 Å². The number of hydrogen-bond acceptors (Lipinski definition) is 3. The van der Waals surface area contributed by atoms with Gasteiger partial charge < -0.3 is 15.5 Å². The highest BCUT2D eigenvalue weighted by Gasteiger charge is 2.30. The van der Waals surface area contributed by atoms with Crippen LogP contribution >= 0.6 is 0 Å². The summed E-state index contributed by atoms with van der Waals surface area (Å²) < 4.78 is 0. The summed E-state index contributed by atoms with van der Waals surface area (Å²) in [6.45, 7) is 4.47. The fourth-order valence-corrected chi connectivity index (χ4v) is 4.39. The molecule has 0 radical (unpaired) electrons. The van der Waals surface area contributed by atoms with E-state index >= 15 is 0 Å². The van der Waals surface area contributed by atoms with Crippen molar-refractivity contribution in [3.63, 3.8) is 0 Å². The molecule has 0 spiro atoms. The van der Waals surface area contributed by atoms with Crippen LogP contribution in [-0.2, 0) is 0 Å². The van der Waals surface area contributed by atoms with Crippen molar-refractivity contribution in [3.8, 4) is 0 Å². The van der Waals surface area contributed by atoms with Crippen molar-refractivity contribution in [3.05, 3.63) is 30.3 Å². The molecule has 5 heteroatoms. The molecule has 2 N–H and O–H groups in total. The Morgan fingerprint density at radius 1 is 1.15 bits per heavy atom. The van der Waals surface area contributed by atoms with E-state index in [0.717, 1.165) is 31.5 Å². The van der Waals surface area contributed by atoms with Gasteiger partial charge in [0.05, 0.1) is 0 Å². The Bertz CT molecular complexity index is 567. The topological polar surface area (TPSA) is 42.9 Å². The van der Waals surface area contributed by atoms with Crippen molar-refractivity contribution in [1.82, 2.24) is 15.5 Å². The molecule has 1 heterocycles. The Balaban J connectivity index is 1.29. The van der Waals surface area contributed by atoms with E-state index in [2.05, 4.69) is 62.8 Å². The number of rotatable bonds is 8. The predicted octanol–water partition coefficient (Wildman–Crippen LogP) is 3.08. The van der Waals surface area contributed by atoms with Crippen LogP contribution < -0.4 is 15.5 Å². The maximum absolute atomic E-state index is 4.42. The summed E-state index contributed by atoms with van der Waals surface area (Å²) in [5.41, 5.74) is 1.29. The van der Waals surface area contributed by atoms with E-state index in [9.17, 15) is 0 Å². The minimum Gasteiger partial charge on any atom is -0.375 e. The molecule has 0 aromatic heterocycles. The van der Waals surface area contributed by atoms with Crippen LogP contribution in [0.4, 0.5) is 5.69 Å². The van der Waals surface area contributed by atoms with Gasteiger partial charge in [-0.2, -0.15) is 0 Å². The molecule has 1 aliphatic heterocycles. The van der Waals surface area contributed by atoms with Crippen molar-refractivity contribution >= 4 is 11.6 Å². The molecular formula is C22H37N5. The molecule has 0 bridgehead atoms. The standard InChI is InChI=1S/C22H37N5/c1-23-22(25-19-14-17-27(18-19)21-12-6-7-13-21)24-15-8-9-16-26(2)20-10-4-3-5-11-20/h3-5,10-11,19,21H,6-9,12-18H2,1-2H3,(H2,23,24,25). The van der Waals surface area contributed by atoms with E-state index in [1.165, 1.54) is 57.3 Å². The van der Waals surface area contributed by atoms with Gasteiger partial charge in [0.25, 0.3) is 0 Å². The van der Waals surface area contributed by atoms with Crippen LogP contribution in [0.25, 0.3) is 0 Å². The monoisotopic (exact) mass is 371 g/mol. The molecule has 1 saturated carbocycles. The van der Waals surface area contributed by atoms with Crippen LogP contribution in [0.2, 0.25) is 0 Å². The third-order valence-electron chi connectivity index (χ3n) is 6.03. The van der Waals surface area contributed by atoms with E-state index in [0.29, 0.717) is 6.04 Å². The van der Waals surface area contributed by atoms with Gasteiger partial charge in [-0.25, -0.2) is 0 Å². The van der Waals surface area contributed by atoms with E-state index in [1.54, 1.807) is 0 Å². The maximum atomic E-state index is 4.42. The van der Waals surface area contributed by atoms with Gasteiger partial charge in [-0.1, -0.05) is 31.0 Å². The van der Waals surface area contributed by atoms with Gasteiger partial charge in [0.1, 0.15) is 0 Å². The molecule has 5 nitrogen and oxygen atoms in total. The molecule has 1 unspecified atom stereocenters. The first-order valence-electron chi connectivity index (χ1n) is 10.7. The van der Waals surface area contributed by atoms with Crippen molar-refractivity contribution in [1.29, 1.82) is 0 Å². The SMILES string of the molecule is CN=C(NCCCCN(C)c1ccccc1)NC1CCN(C2CCCC2)C1. The molecule has 0 amide bonds. The minimum absolute atomic E-state index is 0.543. The van der Waals surface area contributed by atoms with Gasteiger partial charge in [-0.3, -0.25) is 9.89 Å². The van der Waals surface area contributed by atoms with Gasteiger partial charge in [-0.15, -0.1) is 0 Å². The molecule has 1 saturated heterocycles. The number of nitrogens with zero attached hydrogens (tertiary/aromatic N) is 3. The van der Waals surface area contributed by atoms with E-state index in [1.807, 2.05) is 7.05 Å². The second kappa shape index (κ2) is 10.5. The maximum Gasteiger partial charge on any atom is 0.191 e. The Kier molecular flexibility index (Phi) is 7.81. The van der Waals surface area contributed by atoms with Crippen LogP contribution in [0.3, 0.4) is 0 Å². The Hall–Kier alpha value is -1.75. The van der Waals surface area contributed by atoms with Crippen molar-refractivity contribution in [2.24, 2.45) is 4.99 Å². The lowest BCUT2D eigenvalue weighted by Gasteiger charge is -2.24. The zero-order chi connectivity index (χ0) is 18.9. The van der Waals surface area contributed by atoms with Crippen molar-refractivity contribution < 1.29 is 0 Å². The number of hydrogen-bond donors (Lipinski definition) is 2. The summed E-state index contributed by atoms with van der Waals surface area (Å²) in [5, 5.41) is 7.13. The second-order valence-electron chi connectivity index (χ2n) is 8.03. The van der Waals surface area contributed by atoms with Gasteiger partial charge in [0.15, 0.2) is 5.96 Å². The molecule has 1 aromatic carbocycles. The van der Waals surface area contributed by atoms with Crippen molar-refractivity contribution in [2.45, 2.75) is 57.0 Å². The third kappa shape index (κ3) is 6.13. The second-order valence-corrected chi connectivity index (χ2v) is 8.03. The summed E-state index contributed by atoms with van der Waals surface area (Å²) in [5.74, 6) is 0.963. The van der Waals surface area contributed by atoms with Gasteiger partial charge in [-0.05, 0) is 44.2 Å². The molecule has 3 rings (SSSR count). The van der Waals surface area contributed by atoms with E-state index < -0.39 is 0 Å². The van der Waals surface area contributed by atoms with Crippen LogP contribution in [0.15, 0.2) is 35.3 Å². The van der Waals surface area contributed by atoms with Crippen LogP contribution in [0.5, 0.6) is 0 Å². The fourth-order valence-electron chi connectivity index (χ4n) is 4.39. The zero-order valence-electron chi connectivity index (χ0n) is 17.2. The van der Waals surface area contributed by atoms with Gasteiger partial charge >= 0.3 is 0 Å². The molecule has 27 heavy (non-hydrogen) atoms. The van der Waals surface area contributed by atoms with Crippen molar-refractivity contribution in [2.75, 3.05) is 45.2 Å². The molecule has 1 aliphatic carbocycles. The summed E-state index contributed by atoms with van der Waals surface area (Å²) in [6.07, 6.45) is 9.20. The summed E-state index contributed by atoms with van der Waals surface area (Å²) in [6, 6.07) is 12.0. The molecule has 1 aromatic rings. The lowest BCUT2D eigenvalue weighted by molar-refractivity contribution is 0.242. The number of para-hydroxylation sites is 1. The predicted molar refractivity (Wildman–Crippen MR) is 116 cm³/mol. The number of benzene rings is 1. The average molecular weight is 372 g/mol. The zero-order valence-corrected chi connectivity index (χ0v) is 17.2. The number of anilines is 1. The quantitative estimate of drug-likeness (QED) is 0.419. The lowest BCUT2D eigenvalue weighted by Crippen LogP contribution is -2.45. The normalized spacial score (nSPS) is 21.6. The third-order valence-corrected chi connectivity index (χ3v) is 6.03. The van der Waals surface area contributed by atoms with Crippen LogP contribution in [0.1, 0.15) is 44.9 Å². The summed E-state index contributed by atoms with van der Waals surface area (Å²) >= 11 is 0. The highest BCUT2D eigenvalue weighted by Crippen LogP contribution is 2.26.